The Morgan fingerprint density at radius 3 is 2.52 bits per heavy atom. The molecule has 2 rings (SSSR count). The van der Waals surface area contributed by atoms with E-state index >= 15 is 0 Å². The van der Waals surface area contributed by atoms with Crippen molar-refractivity contribution in [2.45, 2.75) is 25.3 Å². The first kappa shape index (κ1) is 16.3. The highest BCUT2D eigenvalue weighted by Gasteiger charge is 2.25. The lowest BCUT2D eigenvalue weighted by Gasteiger charge is -2.30. The highest BCUT2D eigenvalue weighted by Crippen LogP contribution is 2.25. The van der Waals surface area contributed by atoms with Crippen molar-refractivity contribution in [3.05, 3.63) is 16.9 Å². The molecule has 0 aliphatic carbocycles. The zero-order valence-electron chi connectivity index (χ0n) is 11.3. The Hall–Kier alpha value is -1.06. The summed E-state index contributed by atoms with van der Waals surface area (Å²) in [6.45, 7) is 0.804. The molecule has 1 N–H and O–H groups in total. The molecule has 1 saturated heterocycles. The van der Waals surface area contributed by atoms with Gasteiger partial charge in [0.2, 0.25) is 16.0 Å². The summed E-state index contributed by atoms with van der Waals surface area (Å²) >= 11 is 5.67. The molecule has 1 fully saturated rings. The van der Waals surface area contributed by atoms with E-state index in [0.29, 0.717) is 25.9 Å². The molecule has 6 nitrogen and oxygen atoms in total. The largest absolute Gasteiger partial charge is 0.351 e. The number of aromatic nitrogens is 2. The van der Waals surface area contributed by atoms with Crippen molar-refractivity contribution >= 4 is 27.6 Å². The van der Waals surface area contributed by atoms with Crippen LogP contribution in [0.3, 0.4) is 0 Å². The molecule has 0 unspecified atom stereocenters. The molecule has 0 bridgehead atoms. The molecule has 0 atom stereocenters. The number of nitrogens with zero attached hydrogens (tertiary/aromatic N) is 3. The maximum absolute atomic E-state index is 12.5. The van der Waals surface area contributed by atoms with Crippen LogP contribution in [0.5, 0.6) is 0 Å². The summed E-state index contributed by atoms with van der Waals surface area (Å²) in [5.41, 5.74) is -0.408. The van der Waals surface area contributed by atoms with Crippen LogP contribution in [0.2, 0.25) is 5.15 Å². The second kappa shape index (κ2) is 6.37. The van der Waals surface area contributed by atoms with Gasteiger partial charge in [-0.3, -0.25) is 0 Å². The molecule has 21 heavy (non-hydrogen) atoms. The monoisotopic (exact) mass is 340 g/mol. The molecule has 0 amide bonds. The number of nitrogens with one attached hydrogen (secondary N) is 1. The van der Waals surface area contributed by atoms with Gasteiger partial charge in [0.25, 0.3) is 6.43 Å². The second-order valence-electron chi connectivity index (χ2n) is 4.82. The van der Waals surface area contributed by atoms with Gasteiger partial charge in [0, 0.05) is 25.3 Å². The lowest BCUT2D eigenvalue weighted by molar-refractivity contribution is 0.150. The van der Waals surface area contributed by atoms with E-state index in [1.54, 1.807) is 0 Å². The summed E-state index contributed by atoms with van der Waals surface area (Å²) < 4.78 is 49.2. The Morgan fingerprint density at radius 1 is 1.43 bits per heavy atom. The number of hydrogen-bond donors (Lipinski definition) is 1. The van der Waals surface area contributed by atoms with E-state index in [9.17, 15) is 17.2 Å². The number of rotatable bonds is 4. The molecular formula is C11H15ClF2N4O2S. The minimum Gasteiger partial charge on any atom is -0.351 e. The molecule has 1 aliphatic rings. The average Bonchev–Trinajstić information content (AvgIpc) is 2.38. The van der Waals surface area contributed by atoms with Crippen molar-refractivity contribution in [1.82, 2.24) is 14.3 Å². The fourth-order valence-electron chi connectivity index (χ4n) is 2.10. The SMILES string of the molecule is CS(=O)(=O)N1CCC(Nc2ncc(C(F)F)c(Cl)n2)CC1. The molecular weight excluding hydrogens is 326 g/mol. The van der Waals surface area contributed by atoms with Crippen molar-refractivity contribution in [1.29, 1.82) is 0 Å². The van der Waals surface area contributed by atoms with Gasteiger partial charge in [0.15, 0.2) is 0 Å². The fourth-order valence-corrected chi connectivity index (χ4v) is 3.19. The summed E-state index contributed by atoms with van der Waals surface area (Å²) in [6, 6.07) is -0.0172. The summed E-state index contributed by atoms with van der Waals surface area (Å²) in [5, 5.41) is 2.71. The van der Waals surface area contributed by atoms with E-state index < -0.39 is 22.0 Å². The molecule has 1 aromatic heterocycles. The maximum atomic E-state index is 12.5. The van der Waals surface area contributed by atoms with Crippen LogP contribution in [0, 0.1) is 0 Å². The van der Waals surface area contributed by atoms with Crippen LogP contribution in [-0.2, 0) is 10.0 Å². The van der Waals surface area contributed by atoms with Crippen molar-refractivity contribution < 1.29 is 17.2 Å². The molecule has 1 aromatic rings. The number of hydrogen-bond acceptors (Lipinski definition) is 5. The van der Waals surface area contributed by atoms with Gasteiger partial charge < -0.3 is 5.32 Å². The smallest absolute Gasteiger partial charge is 0.268 e. The zero-order chi connectivity index (χ0) is 15.6. The first-order valence-corrected chi connectivity index (χ1v) is 8.52. The first-order valence-electron chi connectivity index (χ1n) is 6.29. The minimum atomic E-state index is -3.17. The molecule has 0 spiro atoms. The van der Waals surface area contributed by atoms with Crippen LogP contribution in [0.1, 0.15) is 24.8 Å². The zero-order valence-corrected chi connectivity index (χ0v) is 12.8. The van der Waals surface area contributed by atoms with Crippen LogP contribution in [0.15, 0.2) is 6.20 Å². The summed E-state index contributed by atoms with van der Waals surface area (Å²) in [4.78, 5) is 7.59. The lowest BCUT2D eigenvalue weighted by atomic mass is 10.1. The van der Waals surface area contributed by atoms with Gasteiger partial charge in [0.1, 0.15) is 5.15 Å². The fraction of sp³-hybridized carbons (Fsp3) is 0.636. The Bertz CT molecular complexity index is 606. The highest BCUT2D eigenvalue weighted by atomic mass is 35.5. The Morgan fingerprint density at radius 2 is 2.05 bits per heavy atom. The van der Waals surface area contributed by atoms with Crippen molar-refractivity contribution in [3.63, 3.8) is 0 Å². The number of halogens is 3. The topological polar surface area (TPSA) is 75.2 Å². The Balaban J connectivity index is 1.96. The van der Waals surface area contributed by atoms with E-state index in [0.717, 1.165) is 6.20 Å². The van der Waals surface area contributed by atoms with Gasteiger partial charge in [-0.1, -0.05) is 11.6 Å². The van der Waals surface area contributed by atoms with Crippen LogP contribution in [0.25, 0.3) is 0 Å². The highest BCUT2D eigenvalue weighted by molar-refractivity contribution is 7.88. The van der Waals surface area contributed by atoms with E-state index in [1.807, 2.05) is 0 Å². The molecule has 0 aromatic carbocycles. The average molecular weight is 341 g/mol. The predicted molar refractivity (Wildman–Crippen MR) is 75.1 cm³/mol. The standard InChI is InChI=1S/C11H15ClF2N4O2S/c1-21(19,20)18-4-2-7(3-5-18)16-11-15-6-8(10(13)14)9(12)17-11/h6-7,10H,2-5H2,1H3,(H,15,16,17). The molecule has 118 valence electrons. The van der Waals surface area contributed by atoms with Crippen molar-refractivity contribution in [3.8, 4) is 0 Å². The third kappa shape index (κ3) is 4.21. The molecule has 1 aliphatic heterocycles. The van der Waals surface area contributed by atoms with E-state index in [1.165, 1.54) is 10.6 Å². The normalized spacial score (nSPS) is 18.1. The third-order valence-electron chi connectivity index (χ3n) is 3.26. The number of sulfonamides is 1. The third-order valence-corrected chi connectivity index (χ3v) is 4.87. The van der Waals surface area contributed by atoms with Crippen molar-refractivity contribution in [2.75, 3.05) is 24.7 Å². The van der Waals surface area contributed by atoms with E-state index in [2.05, 4.69) is 15.3 Å². The summed E-state index contributed by atoms with van der Waals surface area (Å²) in [6.07, 6.45) is 0.625. The lowest BCUT2D eigenvalue weighted by Crippen LogP contribution is -2.42. The molecule has 2 heterocycles. The summed E-state index contributed by atoms with van der Waals surface area (Å²) in [7, 11) is -3.17. The van der Waals surface area contributed by atoms with Crippen molar-refractivity contribution in [2.24, 2.45) is 0 Å². The van der Waals surface area contributed by atoms with Gasteiger partial charge in [-0.05, 0) is 12.8 Å². The molecule has 10 heteroatoms. The Kier molecular flexibility index (Phi) is 4.95. The van der Waals surface area contributed by atoms with Crippen LogP contribution in [-0.4, -0.2) is 48.1 Å². The minimum absolute atomic E-state index is 0.0172. The molecule has 0 saturated carbocycles. The van der Waals surface area contributed by atoms with Gasteiger partial charge >= 0.3 is 0 Å². The number of piperidine rings is 1. The molecule has 0 radical (unpaired) electrons. The van der Waals surface area contributed by atoms with Crippen LogP contribution >= 0.6 is 11.6 Å². The quantitative estimate of drug-likeness (QED) is 0.847. The first-order chi connectivity index (χ1) is 9.77. The number of anilines is 1. The van der Waals surface area contributed by atoms with Gasteiger partial charge in [-0.25, -0.2) is 31.5 Å². The van der Waals surface area contributed by atoms with E-state index in [4.69, 9.17) is 11.6 Å². The predicted octanol–water partition coefficient (Wildman–Crippen LogP) is 1.90. The number of alkyl halides is 2. The second-order valence-corrected chi connectivity index (χ2v) is 7.16. The van der Waals surface area contributed by atoms with Gasteiger partial charge in [0.05, 0.1) is 11.8 Å². The van der Waals surface area contributed by atoms with Crippen LogP contribution in [0.4, 0.5) is 14.7 Å². The van der Waals surface area contributed by atoms with Gasteiger partial charge in [-0.15, -0.1) is 0 Å². The maximum Gasteiger partial charge on any atom is 0.268 e. The Labute approximate surface area is 126 Å². The van der Waals surface area contributed by atoms with E-state index in [-0.39, 0.29) is 17.1 Å². The van der Waals surface area contributed by atoms with Gasteiger partial charge in [-0.2, -0.15) is 0 Å². The summed E-state index contributed by atoms with van der Waals surface area (Å²) in [5.74, 6) is 0.169. The van der Waals surface area contributed by atoms with Crippen LogP contribution < -0.4 is 5.32 Å².